The minimum absolute atomic E-state index is 0.162. The maximum absolute atomic E-state index is 11.6. The summed E-state index contributed by atoms with van der Waals surface area (Å²) < 4.78 is 4.84. The second-order valence-electron chi connectivity index (χ2n) is 3.76. The fraction of sp³-hybridized carbons (Fsp3) is 0.364. The van der Waals surface area contributed by atoms with Crippen LogP contribution in [0.25, 0.3) is 0 Å². The zero-order valence-electron chi connectivity index (χ0n) is 10.8. The highest BCUT2D eigenvalue weighted by Gasteiger charge is 2.25. The molecule has 0 aliphatic carbocycles. The second kappa shape index (κ2) is 6.74. The Labute approximate surface area is 111 Å². The van der Waals surface area contributed by atoms with Crippen LogP contribution in [0.2, 0.25) is 0 Å². The smallest absolute Gasteiger partial charge is 0.489 e. The molecule has 0 aliphatic heterocycles. The third-order valence-corrected chi connectivity index (χ3v) is 2.60. The summed E-state index contributed by atoms with van der Waals surface area (Å²) in [5, 5.41) is 20.4. The summed E-state index contributed by atoms with van der Waals surface area (Å²) in [6.45, 7) is 4.48. The summed E-state index contributed by atoms with van der Waals surface area (Å²) in [5.74, 6) is 0. The van der Waals surface area contributed by atoms with E-state index in [0.717, 1.165) is 0 Å². The number of amides is 1. The molecule has 0 saturated heterocycles. The van der Waals surface area contributed by atoms with Crippen molar-refractivity contribution in [3.05, 3.63) is 34.4 Å². The molecule has 1 aromatic carbocycles. The molecular weight excluding hydrogens is 251 g/mol. The van der Waals surface area contributed by atoms with Crippen molar-refractivity contribution >= 4 is 24.4 Å². The van der Waals surface area contributed by atoms with Crippen LogP contribution in [-0.4, -0.2) is 41.1 Å². The van der Waals surface area contributed by atoms with Crippen LogP contribution in [0.1, 0.15) is 13.8 Å². The molecule has 1 amide bonds. The molecule has 0 aromatic heterocycles. The lowest BCUT2D eigenvalue weighted by atomic mass is 9.79. The van der Waals surface area contributed by atoms with Crippen molar-refractivity contribution in [2.24, 2.45) is 0 Å². The molecule has 0 aliphatic rings. The summed E-state index contributed by atoms with van der Waals surface area (Å²) in [5.41, 5.74) is -0.00913. The lowest BCUT2D eigenvalue weighted by molar-refractivity contribution is -0.384. The molecule has 19 heavy (non-hydrogen) atoms. The van der Waals surface area contributed by atoms with Gasteiger partial charge in [0.25, 0.3) is 5.69 Å². The van der Waals surface area contributed by atoms with E-state index in [4.69, 9.17) is 4.65 Å². The molecule has 8 heteroatoms. The van der Waals surface area contributed by atoms with Crippen LogP contribution in [0, 0.1) is 10.1 Å². The highest BCUT2D eigenvalue weighted by Crippen LogP contribution is 2.07. The van der Waals surface area contributed by atoms with Gasteiger partial charge in [0, 0.05) is 30.7 Å². The monoisotopic (exact) mass is 266 g/mol. The quantitative estimate of drug-likeness (QED) is 0.482. The minimum Gasteiger partial charge on any atom is -0.489 e. The third kappa shape index (κ3) is 3.95. The summed E-state index contributed by atoms with van der Waals surface area (Å²) in [6, 6.07) is 5.33. The molecule has 1 aromatic rings. The van der Waals surface area contributed by atoms with Gasteiger partial charge in [-0.3, -0.25) is 10.1 Å². The Morgan fingerprint density at radius 3 is 2.63 bits per heavy atom. The summed E-state index contributed by atoms with van der Waals surface area (Å²) in [7, 11) is -1.52. The molecule has 0 fully saturated rings. The van der Waals surface area contributed by atoms with Crippen LogP contribution in [-0.2, 0) is 4.65 Å². The number of benzene rings is 1. The van der Waals surface area contributed by atoms with Crippen molar-refractivity contribution in [3.63, 3.8) is 0 Å². The molecule has 1 N–H and O–H groups in total. The van der Waals surface area contributed by atoms with E-state index < -0.39 is 18.1 Å². The number of nitro groups is 1. The Morgan fingerprint density at radius 1 is 1.47 bits per heavy atom. The van der Waals surface area contributed by atoms with Crippen molar-refractivity contribution in [3.8, 4) is 0 Å². The second-order valence-corrected chi connectivity index (χ2v) is 3.76. The molecule has 0 atom stereocenters. The number of hydrogen-bond donors (Lipinski definition) is 1. The van der Waals surface area contributed by atoms with Crippen molar-refractivity contribution in [2.75, 3.05) is 13.1 Å². The number of hydrogen-bond acceptors (Lipinski definition) is 5. The Morgan fingerprint density at radius 2 is 2.11 bits per heavy atom. The van der Waals surface area contributed by atoms with Crippen LogP contribution in [0.15, 0.2) is 24.3 Å². The summed E-state index contributed by atoms with van der Waals surface area (Å²) in [6.07, 6.45) is -0.663. The largest absolute Gasteiger partial charge is 0.563 e. The first-order chi connectivity index (χ1) is 8.99. The van der Waals surface area contributed by atoms with Crippen LogP contribution in [0.4, 0.5) is 10.5 Å². The van der Waals surface area contributed by atoms with Crippen LogP contribution in [0.3, 0.4) is 0 Å². The van der Waals surface area contributed by atoms with E-state index in [1.165, 1.54) is 29.2 Å². The number of nitrogens with zero attached hydrogens (tertiary/aromatic N) is 2. The van der Waals surface area contributed by atoms with Gasteiger partial charge in [0.1, 0.15) is 0 Å². The fourth-order valence-corrected chi connectivity index (χ4v) is 1.51. The van der Waals surface area contributed by atoms with Gasteiger partial charge in [-0.25, -0.2) is 4.79 Å². The van der Waals surface area contributed by atoms with Crippen molar-refractivity contribution in [1.82, 2.24) is 4.90 Å². The minimum atomic E-state index is -1.52. The highest BCUT2D eigenvalue weighted by molar-refractivity contribution is 6.61. The summed E-state index contributed by atoms with van der Waals surface area (Å²) in [4.78, 5) is 23.0. The molecule has 1 rings (SSSR count). The first-order valence-electron chi connectivity index (χ1n) is 5.87. The van der Waals surface area contributed by atoms with E-state index in [1.807, 2.05) is 0 Å². The predicted octanol–water partition coefficient (Wildman–Crippen LogP) is 0.761. The number of carbonyl (C=O) groups excluding carboxylic acids is 1. The number of rotatable bonds is 5. The van der Waals surface area contributed by atoms with E-state index in [9.17, 15) is 19.9 Å². The number of non-ortho nitro benzene ring substituents is 1. The van der Waals surface area contributed by atoms with E-state index in [-0.39, 0.29) is 11.2 Å². The molecule has 0 bridgehead atoms. The zero-order chi connectivity index (χ0) is 14.4. The van der Waals surface area contributed by atoms with Gasteiger partial charge in [-0.15, -0.1) is 0 Å². The summed E-state index contributed by atoms with van der Waals surface area (Å²) >= 11 is 0. The number of nitro benzene ring substituents is 1. The standard InChI is InChI=1S/C11H15BN2O5/c1-3-13(4-2)11(15)19-12(16)9-6-5-7-10(8-9)14(17)18/h5-8,16H,3-4H2,1-2H3. The van der Waals surface area contributed by atoms with Crippen molar-refractivity contribution in [1.29, 1.82) is 0 Å². The van der Waals surface area contributed by atoms with Gasteiger partial charge in [-0.2, -0.15) is 0 Å². The Kier molecular flexibility index (Phi) is 5.31. The van der Waals surface area contributed by atoms with Gasteiger partial charge in [0.2, 0.25) is 0 Å². The first-order valence-corrected chi connectivity index (χ1v) is 5.87. The predicted molar refractivity (Wildman–Crippen MR) is 70.1 cm³/mol. The molecule has 102 valence electrons. The maximum Gasteiger partial charge on any atom is 0.563 e. The average molecular weight is 266 g/mol. The highest BCUT2D eigenvalue weighted by atomic mass is 16.6. The topological polar surface area (TPSA) is 92.9 Å². The molecular formula is C11H15BN2O5. The molecule has 0 saturated carbocycles. The Bertz CT molecular complexity index is 464. The fourth-order valence-electron chi connectivity index (χ4n) is 1.51. The normalized spacial score (nSPS) is 9.84. The molecule has 0 radical (unpaired) electrons. The average Bonchev–Trinajstić information content (AvgIpc) is 2.40. The van der Waals surface area contributed by atoms with Crippen LogP contribution < -0.4 is 5.46 Å². The van der Waals surface area contributed by atoms with Gasteiger partial charge < -0.3 is 14.6 Å². The molecule has 0 spiro atoms. The third-order valence-electron chi connectivity index (χ3n) is 2.60. The maximum atomic E-state index is 11.6. The van der Waals surface area contributed by atoms with Crippen LogP contribution >= 0.6 is 0 Å². The van der Waals surface area contributed by atoms with Crippen molar-refractivity contribution < 1.29 is 19.4 Å². The SMILES string of the molecule is CCN(CC)C(=O)OB(O)c1cccc([N+](=O)[O-])c1. The Balaban J connectivity index is 2.78. The van der Waals surface area contributed by atoms with Gasteiger partial charge in [-0.1, -0.05) is 12.1 Å². The first kappa shape index (κ1) is 15.0. The van der Waals surface area contributed by atoms with Gasteiger partial charge in [0.15, 0.2) is 0 Å². The van der Waals surface area contributed by atoms with Gasteiger partial charge in [-0.05, 0) is 13.8 Å². The zero-order valence-corrected chi connectivity index (χ0v) is 10.8. The molecule has 0 unspecified atom stereocenters. The van der Waals surface area contributed by atoms with Gasteiger partial charge in [0.05, 0.1) is 4.92 Å². The van der Waals surface area contributed by atoms with E-state index in [2.05, 4.69) is 0 Å². The van der Waals surface area contributed by atoms with E-state index in [1.54, 1.807) is 13.8 Å². The van der Waals surface area contributed by atoms with E-state index in [0.29, 0.717) is 13.1 Å². The molecule has 0 heterocycles. The Hall–Kier alpha value is -2.09. The van der Waals surface area contributed by atoms with Crippen molar-refractivity contribution in [2.45, 2.75) is 13.8 Å². The van der Waals surface area contributed by atoms with Gasteiger partial charge >= 0.3 is 13.2 Å². The lowest BCUT2D eigenvalue weighted by Crippen LogP contribution is -2.41. The van der Waals surface area contributed by atoms with Crippen LogP contribution in [0.5, 0.6) is 0 Å². The lowest BCUT2D eigenvalue weighted by Gasteiger charge is -2.19. The van der Waals surface area contributed by atoms with E-state index >= 15 is 0 Å². The number of carbonyl (C=O) groups is 1. The molecule has 7 nitrogen and oxygen atoms in total.